The predicted octanol–water partition coefficient (Wildman–Crippen LogP) is 0.516. The molecule has 0 heterocycles. The SMILES string of the molecule is CN(CCCCS)CCS(=O)(=O)O. The summed E-state index contributed by atoms with van der Waals surface area (Å²) in [6, 6.07) is 0. The predicted molar refractivity (Wildman–Crippen MR) is 57.0 cm³/mol. The molecule has 0 atom stereocenters. The maximum atomic E-state index is 10.4. The average molecular weight is 227 g/mol. The summed E-state index contributed by atoms with van der Waals surface area (Å²) in [6.45, 7) is 1.22. The van der Waals surface area contributed by atoms with Crippen molar-refractivity contribution in [3.05, 3.63) is 0 Å². The molecule has 13 heavy (non-hydrogen) atoms. The zero-order valence-corrected chi connectivity index (χ0v) is 9.52. The highest BCUT2D eigenvalue weighted by molar-refractivity contribution is 7.85. The maximum Gasteiger partial charge on any atom is 0.266 e. The van der Waals surface area contributed by atoms with E-state index in [4.69, 9.17) is 4.55 Å². The number of hydrogen-bond acceptors (Lipinski definition) is 4. The molecule has 0 radical (unpaired) electrons. The lowest BCUT2D eigenvalue weighted by atomic mass is 10.3. The molecule has 0 amide bonds. The molecule has 0 aliphatic heterocycles. The fourth-order valence-electron chi connectivity index (χ4n) is 0.877. The minimum atomic E-state index is -3.81. The Morgan fingerprint density at radius 2 is 1.92 bits per heavy atom. The molecule has 4 nitrogen and oxygen atoms in total. The second-order valence-corrected chi connectivity index (χ2v) is 5.04. The summed E-state index contributed by atoms with van der Waals surface area (Å²) in [5.41, 5.74) is 0. The van der Waals surface area contributed by atoms with Gasteiger partial charge in [0.1, 0.15) is 0 Å². The molecule has 0 saturated heterocycles. The summed E-state index contributed by atoms with van der Waals surface area (Å²) >= 11 is 4.07. The van der Waals surface area contributed by atoms with E-state index in [0.29, 0.717) is 6.54 Å². The summed E-state index contributed by atoms with van der Waals surface area (Å²) in [5.74, 6) is 0.663. The lowest BCUT2D eigenvalue weighted by Gasteiger charge is -2.14. The summed E-state index contributed by atoms with van der Waals surface area (Å²) in [4.78, 5) is 1.89. The van der Waals surface area contributed by atoms with Crippen LogP contribution >= 0.6 is 12.6 Å². The van der Waals surface area contributed by atoms with Gasteiger partial charge < -0.3 is 4.90 Å². The van der Waals surface area contributed by atoms with Crippen molar-refractivity contribution in [1.29, 1.82) is 0 Å². The van der Waals surface area contributed by atoms with Crippen molar-refractivity contribution < 1.29 is 13.0 Å². The largest absolute Gasteiger partial charge is 0.305 e. The van der Waals surface area contributed by atoms with Crippen LogP contribution in [0, 0.1) is 0 Å². The van der Waals surface area contributed by atoms with Crippen LogP contribution in [0.5, 0.6) is 0 Å². The van der Waals surface area contributed by atoms with E-state index in [1.54, 1.807) is 0 Å². The molecule has 0 aliphatic rings. The van der Waals surface area contributed by atoms with E-state index in [1.165, 1.54) is 0 Å². The summed E-state index contributed by atoms with van der Waals surface area (Å²) < 4.78 is 29.2. The van der Waals surface area contributed by atoms with Gasteiger partial charge in [0.15, 0.2) is 0 Å². The third kappa shape index (κ3) is 10.1. The highest BCUT2D eigenvalue weighted by atomic mass is 32.2. The zero-order valence-electron chi connectivity index (χ0n) is 7.81. The number of rotatable bonds is 7. The van der Waals surface area contributed by atoms with Crippen molar-refractivity contribution in [2.45, 2.75) is 12.8 Å². The summed E-state index contributed by atoms with van der Waals surface area (Å²) in [7, 11) is -1.97. The van der Waals surface area contributed by atoms with Crippen molar-refractivity contribution >= 4 is 22.7 Å². The Morgan fingerprint density at radius 1 is 1.31 bits per heavy atom. The fourth-order valence-corrected chi connectivity index (χ4v) is 1.64. The van der Waals surface area contributed by atoms with Gasteiger partial charge in [-0.15, -0.1) is 0 Å². The van der Waals surface area contributed by atoms with Crippen LogP contribution in [0.1, 0.15) is 12.8 Å². The normalized spacial score (nSPS) is 12.3. The molecule has 0 aromatic carbocycles. The molecule has 0 aliphatic carbocycles. The van der Waals surface area contributed by atoms with Crippen LogP contribution in [0.15, 0.2) is 0 Å². The Labute approximate surface area is 85.5 Å². The van der Waals surface area contributed by atoms with Gasteiger partial charge in [-0.2, -0.15) is 21.0 Å². The van der Waals surface area contributed by atoms with Gasteiger partial charge in [-0.25, -0.2) is 0 Å². The van der Waals surface area contributed by atoms with Gasteiger partial charge in [-0.05, 0) is 32.2 Å². The standard InChI is InChI=1S/C7H17NO3S2/c1-8(4-2-3-6-12)5-7-13(9,10)11/h12H,2-7H2,1H3,(H,9,10,11). The molecule has 0 unspecified atom stereocenters. The van der Waals surface area contributed by atoms with E-state index in [-0.39, 0.29) is 5.75 Å². The van der Waals surface area contributed by atoms with Crippen molar-refractivity contribution in [2.24, 2.45) is 0 Å². The molecule has 0 rings (SSSR count). The van der Waals surface area contributed by atoms with Crippen LogP contribution < -0.4 is 0 Å². The Kier molecular flexibility index (Phi) is 6.75. The van der Waals surface area contributed by atoms with E-state index in [1.807, 2.05) is 11.9 Å². The van der Waals surface area contributed by atoms with E-state index < -0.39 is 10.1 Å². The van der Waals surface area contributed by atoms with Crippen LogP contribution in [0.3, 0.4) is 0 Å². The minimum absolute atomic E-state index is 0.190. The number of unbranched alkanes of at least 4 members (excludes halogenated alkanes) is 1. The van der Waals surface area contributed by atoms with E-state index in [9.17, 15) is 8.42 Å². The number of hydrogen-bond donors (Lipinski definition) is 2. The quantitative estimate of drug-likeness (QED) is 0.378. The first-order chi connectivity index (χ1) is 5.95. The molecule has 1 N–H and O–H groups in total. The fraction of sp³-hybridized carbons (Fsp3) is 1.00. The third-order valence-electron chi connectivity index (χ3n) is 1.68. The summed E-state index contributed by atoms with van der Waals surface area (Å²) in [6.07, 6.45) is 2.03. The number of thiol groups is 1. The molecule has 0 aromatic rings. The molecular formula is C7H17NO3S2. The van der Waals surface area contributed by atoms with Crippen LogP contribution in [0.2, 0.25) is 0 Å². The monoisotopic (exact) mass is 227 g/mol. The van der Waals surface area contributed by atoms with E-state index in [2.05, 4.69) is 12.6 Å². The third-order valence-corrected chi connectivity index (χ3v) is 2.69. The highest BCUT2D eigenvalue weighted by Gasteiger charge is 2.06. The first-order valence-electron chi connectivity index (χ1n) is 4.20. The van der Waals surface area contributed by atoms with Crippen molar-refractivity contribution in [3.63, 3.8) is 0 Å². The molecule has 0 fully saturated rings. The molecule has 80 valence electrons. The lowest BCUT2D eigenvalue weighted by Crippen LogP contribution is -2.26. The van der Waals surface area contributed by atoms with Crippen LogP contribution in [-0.2, 0) is 10.1 Å². The van der Waals surface area contributed by atoms with Crippen molar-refractivity contribution in [3.8, 4) is 0 Å². The second kappa shape index (κ2) is 6.64. The molecule has 0 saturated carbocycles. The van der Waals surface area contributed by atoms with Gasteiger partial charge in [-0.1, -0.05) is 0 Å². The smallest absolute Gasteiger partial charge is 0.266 e. The van der Waals surface area contributed by atoms with Gasteiger partial charge >= 0.3 is 0 Å². The first kappa shape index (κ1) is 13.2. The highest BCUT2D eigenvalue weighted by Crippen LogP contribution is 1.95. The van der Waals surface area contributed by atoms with Gasteiger partial charge in [-0.3, -0.25) is 4.55 Å². The Balaban J connectivity index is 3.46. The molecule has 6 heteroatoms. The minimum Gasteiger partial charge on any atom is -0.305 e. The molecule has 0 bridgehead atoms. The summed E-state index contributed by atoms with van der Waals surface area (Å²) in [5, 5.41) is 0. The Hall–Kier alpha value is 0.220. The Morgan fingerprint density at radius 3 is 2.38 bits per heavy atom. The van der Waals surface area contributed by atoms with Crippen molar-refractivity contribution in [1.82, 2.24) is 4.90 Å². The topological polar surface area (TPSA) is 57.6 Å². The van der Waals surface area contributed by atoms with Gasteiger partial charge in [0.25, 0.3) is 10.1 Å². The van der Waals surface area contributed by atoms with Gasteiger partial charge in [0.05, 0.1) is 5.75 Å². The van der Waals surface area contributed by atoms with Crippen LogP contribution in [0.25, 0.3) is 0 Å². The van der Waals surface area contributed by atoms with E-state index in [0.717, 1.165) is 25.1 Å². The van der Waals surface area contributed by atoms with E-state index >= 15 is 0 Å². The van der Waals surface area contributed by atoms with Crippen molar-refractivity contribution in [2.75, 3.05) is 31.6 Å². The molecule has 0 spiro atoms. The molecular weight excluding hydrogens is 210 g/mol. The van der Waals surface area contributed by atoms with Gasteiger partial charge in [0.2, 0.25) is 0 Å². The lowest BCUT2D eigenvalue weighted by molar-refractivity contribution is 0.342. The second-order valence-electron chi connectivity index (χ2n) is 3.02. The van der Waals surface area contributed by atoms with Gasteiger partial charge in [0, 0.05) is 6.54 Å². The molecule has 0 aromatic heterocycles. The maximum absolute atomic E-state index is 10.4. The first-order valence-corrected chi connectivity index (χ1v) is 6.44. The van der Waals surface area contributed by atoms with Crippen LogP contribution in [0.4, 0.5) is 0 Å². The van der Waals surface area contributed by atoms with Crippen LogP contribution in [-0.4, -0.2) is 49.5 Å². The zero-order chi connectivity index (χ0) is 10.3. The Bertz CT molecular complexity index is 216. The average Bonchev–Trinajstić information content (AvgIpc) is 2.00. The number of nitrogens with zero attached hydrogens (tertiary/aromatic N) is 1.